The molecule has 0 saturated carbocycles. The monoisotopic (exact) mass is 393 g/mol. The van der Waals surface area contributed by atoms with Crippen LogP contribution < -0.4 is 5.32 Å². The molecule has 0 spiro atoms. The van der Waals surface area contributed by atoms with Crippen molar-refractivity contribution in [2.45, 2.75) is 12.1 Å². The summed E-state index contributed by atoms with van der Waals surface area (Å²) in [7, 11) is 2.90. The molecule has 150 valence electrons. The molecular weight excluding hydrogens is 371 g/mol. The highest BCUT2D eigenvalue weighted by molar-refractivity contribution is 5.90. The first-order valence-corrected chi connectivity index (χ1v) is 8.94. The van der Waals surface area contributed by atoms with Crippen LogP contribution in [0, 0.1) is 5.92 Å². The number of carbonyl (C=O) groups excluding carboxylic acids is 1. The fourth-order valence-corrected chi connectivity index (χ4v) is 3.70. The largest absolute Gasteiger partial charge is 0.465 e. The lowest BCUT2D eigenvalue weighted by Crippen LogP contribution is -2.17. The summed E-state index contributed by atoms with van der Waals surface area (Å²) in [5.41, 5.74) is 1.63. The van der Waals surface area contributed by atoms with Gasteiger partial charge in [0.15, 0.2) is 0 Å². The molecule has 1 N–H and O–H groups in total. The van der Waals surface area contributed by atoms with Crippen LogP contribution in [0.3, 0.4) is 0 Å². The molecule has 1 aliphatic heterocycles. The fourth-order valence-electron chi connectivity index (χ4n) is 3.70. The molecule has 2 atom stereocenters. The zero-order chi connectivity index (χ0) is 20.3. The first-order valence-electron chi connectivity index (χ1n) is 8.94. The van der Waals surface area contributed by atoms with Gasteiger partial charge in [0.25, 0.3) is 0 Å². The van der Waals surface area contributed by atoms with Crippen molar-refractivity contribution in [1.82, 2.24) is 5.32 Å². The standard InChI is InChI=1S/C21H22F3NO3/c1-27-12-15-10-25-11-19(15)17-8-7-16(21(22,23)24)9-18(17)13-3-5-14(6-4-13)20(26)28-2/h3-9,15,19,25H,10-12H2,1-2H3/t15-,19?/m1/s1. The Bertz CT molecular complexity index is 834. The Balaban J connectivity index is 2.07. The molecule has 0 aromatic heterocycles. The van der Waals surface area contributed by atoms with Gasteiger partial charge < -0.3 is 14.8 Å². The van der Waals surface area contributed by atoms with E-state index in [-0.39, 0.29) is 11.8 Å². The van der Waals surface area contributed by atoms with E-state index in [4.69, 9.17) is 4.74 Å². The summed E-state index contributed by atoms with van der Waals surface area (Å²) in [5, 5.41) is 3.30. The van der Waals surface area contributed by atoms with Gasteiger partial charge in [0.1, 0.15) is 0 Å². The average molecular weight is 393 g/mol. The van der Waals surface area contributed by atoms with Crippen molar-refractivity contribution in [3.63, 3.8) is 0 Å². The van der Waals surface area contributed by atoms with Crippen LogP contribution in [-0.2, 0) is 15.7 Å². The van der Waals surface area contributed by atoms with Gasteiger partial charge in [-0.2, -0.15) is 13.2 Å². The quantitative estimate of drug-likeness (QED) is 0.777. The molecule has 0 aliphatic carbocycles. The highest BCUT2D eigenvalue weighted by Crippen LogP contribution is 2.39. The van der Waals surface area contributed by atoms with Crippen LogP contribution >= 0.6 is 0 Å². The number of benzene rings is 2. The molecule has 3 rings (SSSR count). The van der Waals surface area contributed by atoms with Crippen molar-refractivity contribution in [2.24, 2.45) is 5.92 Å². The average Bonchev–Trinajstić information content (AvgIpc) is 3.14. The zero-order valence-corrected chi connectivity index (χ0v) is 15.7. The predicted octanol–water partition coefficient (Wildman–Crippen LogP) is 4.11. The van der Waals surface area contributed by atoms with Crippen LogP contribution in [0.15, 0.2) is 42.5 Å². The highest BCUT2D eigenvalue weighted by atomic mass is 19.4. The van der Waals surface area contributed by atoms with Gasteiger partial charge in [-0.3, -0.25) is 0 Å². The first-order chi connectivity index (χ1) is 13.3. The molecule has 1 heterocycles. The maximum Gasteiger partial charge on any atom is 0.416 e. The Labute approximate surface area is 161 Å². The topological polar surface area (TPSA) is 47.6 Å². The van der Waals surface area contributed by atoms with Gasteiger partial charge >= 0.3 is 12.1 Å². The summed E-state index contributed by atoms with van der Waals surface area (Å²) < 4.78 is 49.9. The van der Waals surface area contributed by atoms with Crippen molar-refractivity contribution >= 4 is 5.97 Å². The minimum atomic E-state index is -4.43. The van der Waals surface area contributed by atoms with Crippen LogP contribution in [-0.4, -0.2) is 39.9 Å². The third-order valence-corrected chi connectivity index (χ3v) is 5.12. The van der Waals surface area contributed by atoms with Crippen molar-refractivity contribution in [3.05, 3.63) is 59.2 Å². The second-order valence-corrected chi connectivity index (χ2v) is 6.85. The third kappa shape index (κ3) is 4.20. The molecule has 0 bridgehead atoms. The third-order valence-electron chi connectivity index (χ3n) is 5.12. The molecule has 1 unspecified atom stereocenters. The minimum Gasteiger partial charge on any atom is -0.465 e. The van der Waals surface area contributed by atoms with E-state index in [1.54, 1.807) is 37.4 Å². The van der Waals surface area contributed by atoms with Crippen LogP contribution in [0.1, 0.15) is 27.4 Å². The van der Waals surface area contributed by atoms with E-state index < -0.39 is 17.7 Å². The molecule has 2 aromatic rings. The van der Waals surface area contributed by atoms with Crippen LogP contribution in [0.5, 0.6) is 0 Å². The predicted molar refractivity (Wildman–Crippen MR) is 99.2 cm³/mol. The number of halogens is 3. The lowest BCUT2D eigenvalue weighted by Gasteiger charge is -2.22. The lowest BCUT2D eigenvalue weighted by molar-refractivity contribution is -0.137. The van der Waals surface area contributed by atoms with Gasteiger partial charge in [-0.15, -0.1) is 0 Å². The second-order valence-electron chi connectivity index (χ2n) is 6.85. The summed E-state index contributed by atoms with van der Waals surface area (Å²) in [6.07, 6.45) is -4.43. The number of nitrogens with one attached hydrogen (secondary N) is 1. The molecule has 4 nitrogen and oxygen atoms in total. The smallest absolute Gasteiger partial charge is 0.416 e. The van der Waals surface area contributed by atoms with Crippen LogP contribution in [0.25, 0.3) is 11.1 Å². The van der Waals surface area contributed by atoms with Gasteiger partial charge in [0, 0.05) is 32.0 Å². The SMILES string of the molecule is COC[C@H]1CNCC1c1ccc(C(F)(F)F)cc1-c1ccc(C(=O)OC)cc1. The lowest BCUT2D eigenvalue weighted by atomic mass is 9.83. The van der Waals surface area contributed by atoms with E-state index in [1.165, 1.54) is 13.2 Å². The number of methoxy groups -OCH3 is 2. The molecule has 0 amide bonds. The first kappa shape index (κ1) is 20.4. The highest BCUT2D eigenvalue weighted by Gasteiger charge is 2.34. The van der Waals surface area contributed by atoms with E-state index in [0.29, 0.717) is 29.8 Å². The molecule has 1 aliphatic rings. The van der Waals surface area contributed by atoms with Crippen molar-refractivity contribution < 1.29 is 27.4 Å². The molecule has 2 aromatic carbocycles. The summed E-state index contributed by atoms with van der Waals surface area (Å²) in [6.45, 7) is 1.95. The minimum absolute atomic E-state index is 0.0394. The van der Waals surface area contributed by atoms with Crippen LogP contribution in [0.2, 0.25) is 0 Å². The number of ether oxygens (including phenoxy) is 2. The summed E-state index contributed by atoms with van der Waals surface area (Å²) in [4.78, 5) is 11.6. The molecule has 1 fully saturated rings. The number of alkyl halides is 3. The Kier molecular flexibility index (Phi) is 6.05. The van der Waals surface area contributed by atoms with Crippen molar-refractivity contribution in [1.29, 1.82) is 0 Å². The van der Waals surface area contributed by atoms with Crippen molar-refractivity contribution in [2.75, 3.05) is 33.9 Å². The molecular formula is C21H22F3NO3. The van der Waals surface area contributed by atoms with Crippen molar-refractivity contribution in [3.8, 4) is 11.1 Å². The van der Waals surface area contributed by atoms with Gasteiger partial charge in [0.2, 0.25) is 0 Å². The summed E-state index contributed by atoms with van der Waals surface area (Å²) >= 11 is 0. The Morgan fingerprint density at radius 2 is 1.82 bits per heavy atom. The Morgan fingerprint density at radius 1 is 1.11 bits per heavy atom. The molecule has 28 heavy (non-hydrogen) atoms. The maximum absolute atomic E-state index is 13.3. The Morgan fingerprint density at radius 3 is 2.43 bits per heavy atom. The number of carbonyl (C=O) groups is 1. The van der Waals surface area contributed by atoms with E-state index in [2.05, 4.69) is 10.1 Å². The zero-order valence-electron chi connectivity index (χ0n) is 15.7. The molecule has 0 radical (unpaired) electrons. The van der Waals surface area contributed by atoms with Gasteiger partial charge in [-0.25, -0.2) is 4.79 Å². The summed E-state index contributed by atoms with van der Waals surface area (Å²) in [6, 6.07) is 10.3. The number of esters is 1. The molecule has 7 heteroatoms. The second kappa shape index (κ2) is 8.32. The van der Waals surface area contributed by atoms with E-state index in [1.807, 2.05) is 0 Å². The van der Waals surface area contributed by atoms with Gasteiger partial charge in [0.05, 0.1) is 24.8 Å². The van der Waals surface area contributed by atoms with E-state index in [9.17, 15) is 18.0 Å². The van der Waals surface area contributed by atoms with E-state index in [0.717, 1.165) is 18.2 Å². The number of hydrogen-bond acceptors (Lipinski definition) is 4. The number of rotatable bonds is 5. The Hall–Kier alpha value is -2.38. The van der Waals surface area contributed by atoms with Gasteiger partial charge in [-0.1, -0.05) is 18.2 Å². The van der Waals surface area contributed by atoms with E-state index >= 15 is 0 Å². The molecule has 1 saturated heterocycles. The number of hydrogen-bond donors (Lipinski definition) is 1. The van der Waals surface area contributed by atoms with Gasteiger partial charge in [-0.05, 0) is 41.0 Å². The summed E-state index contributed by atoms with van der Waals surface area (Å²) in [5.74, 6) is -0.275. The van der Waals surface area contributed by atoms with Crippen LogP contribution in [0.4, 0.5) is 13.2 Å². The maximum atomic E-state index is 13.3. The normalized spacial score (nSPS) is 19.6. The fraction of sp³-hybridized carbons (Fsp3) is 0.381.